The van der Waals surface area contributed by atoms with Crippen molar-refractivity contribution < 1.29 is 19.4 Å². The number of benzene rings is 1. The van der Waals surface area contributed by atoms with E-state index in [1.807, 2.05) is 0 Å². The standard InChI is InChI=1S/C12H17NO4/c1-16-7-8-3-4-9(17-2)5-10(8)11(6-13)12(14)15/h3-5,11H,6-7,13H2,1-2H3,(H,14,15). The van der Waals surface area contributed by atoms with E-state index in [1.165, 1.54) is 7.11 Å². The maximum absolute atomic E-state index is 11.1. The first-order chi connectivity index (χ1) is 8.13. The quantitative estimate of drug-likeness (QED) is 0.773. The van der Waals surface area contributed by atoms with Crippen molar-refractivity contribution in [2.24, 2.45) is 5.73 Å². The molecule has 1 aromatic carbocycles. The van der Waals surface area contributed by atoms with Crippen LogP contribution in [0.5, 0.6) is 5.75 Å². The molecule has 0 saturated heterocycles. The molecule has 0 aliphatic heterocycles. The SMILES string of the molecule is COCc1ccc(OC)cc1C(CN)C(=O)O. The number of carboxylic acids is 1. The summed E-state index contributed by atoms with van der Waals surface area (Å²) in [5.41, 5.74) is 6.95. The fourth-order valence-electron chi connectivity index (χ4n) is 1.67. The maximum Gasteiger partial charge on any atom is 0.312 e. The third kappa shape index (κ3) is 3.18. The van der Waals surface area contributed by atoms with Crippen LogP contribution in [0.25, 0.3) is 0 Å². The molecule has 0 aliphatic rings. The number of hydrogen-bond acceptors (Lipinski definition) is 4. The van der Waals surface area contributed by atoms with Crippen LogP contribution >= 0.6 is 0 Å². The Morgan fingerprint density at radius 2 is 2.18 bits per heavy atom. The van der Waals surface area contributed by atoms with Crippen LogP contribution in [0, 0.1) is 0 Å². The Morgan fingerprint density at radius 1 is 1.47 bits per heavy atom. The number of rotatable bonds is 6. The number of nitrogens with two attached hydrogens (primary N) is 1. The minimum atomic E-state index is -0.946. The summed E-state index contributed by atoms with van der Waals surface area (Å²) in [4.78, 5) is 11.1. The molecule has 0 fully saturated rings. The summed E-state index contributed by atoms with van der Waals surface area (Å²) >= 11 is 0. The number of carbonyl (C=O) groups is 1. The van der Waals surface area contributed by atoms with Gasteiger partial charge in [-0.3, -0.25) is 4.79 Å². The van der Waals surface area contributed by atoms with E-state index in [0.29, 0.717) is 17.9 Å². The molecule has 0 saturated carbocycles. The highest BCUT2D eigenvalue weighted by Gasteiger charge is 2.21. The van der Waals surface area contributed by atoms with Crippen molar-refractivity contribution in [3.05, 3.63) is 29.3 Å². The van der Waals surface area contributed by atoms with Crippen molar-refractivity contribution in [3.63, 3.8) is 0 Å². The third-order valence-corrected chi connectivity index (χ3v) is 2.56. The van der Waals surface area contributed by atoms with Crippen molar-refractivity contribution in [1.29, 1.82) is 0 Å². The van der Waals surface area contributed by atoms with Gasteiger partial charge in [0.05, 0.1) is 19.6 Å². The molecule has 0 spiro atoms. The molecule has 5 nitrogen and oxygen atoms in total. The van der Waals surface area contributed by atoms with Crippen molar-refractivity contribution in [2.45, 2.75) is 12.5 Å². The van der Waals surface area contributed by atoms with Gasteiger partial charge >= 0.3 is 5.97 Å². The number of hydrogen-bond donors (Lipinski definition) is 2. The van der Waals surface area contributed by atoms with E-state index in [-0.39, 0.29) is 6.54 Å². The van der Waals surface area contributed by atoms with Gasteiger partial charge in [-0.25, -0.2) is 0 Å². The normalized spacial score (nSPS) is 12.2. The van der Waals surface area contributed by atoms with Gasteiger partial charge in [0.2, 0.25) is 0 Å². The lowest BCUT2D eigenvalue weighted by Gasteiger charge is -2.16. The fraction of sp³-hybridized carbons (Fsp3) is 0.417. The van der Waals surface area contributed by atoms with Gasteiger partial charge in [0.25, 0.3) is 0 Å². The van der Waals surface area contributed by atoms with Crippen LogP contribution in [-0.4, -0.2) is 31.8 Å². The first-order valence-corrected chi connectivity index (χ1v) is 5.22. The summed E-state index contributed by atoms with van der Waals surface area (Å²) < 4.78 is 10.1. The number of methoxy groups -OCH3 is 2. The molecule has 1 atom stereocenters. The van der Waals surface area contributed by atoms with Gasteiger partial charge in [-0.1, -0.05) is 6.07 Å². The fourth-order valence-corrected chi connectivity index (χ4v) is 1.67. The summed E-state index contributed by atoms with van der Waals surface area (Å²) in [6.07, 6.45) is 0. The molecule has 0 aromatic heterocycles. The number of ether oxygens (including phenoxy) is 2. The summed E-state index contributed by atoms with van der Waals surface area (Å²) in [6.45, 7) is 0.391. The van der Waals surface area contributed by atoms with E-state index in [0.717, 1.165) is 5.56 Å². The summed E-state index contributed by atoms with van der Waals surface area (Å²) in [6, 6.07) is 5.26. The second kappa shape index (κ2) is 6.22. The molecule has 0 aliphatic carbocycles. The summed E-state index contributed by atoms with van der Waals surface area (Å²) in [5.74, 6) is -1.08. The van der Waals surface area contributed by atoms with Crippen LogP contribution in [0.1, 0.15) is 17.0 Å². The first-order valence-electron chi connectivity index (χ1n) is 5.22. The lowest BCUT2D eigenvalue weighted by Crippen LogP contribution is -2.22. The molecule has 0 radical (unpaired) electrons. The summed E-state index contributed by atoms with van der Waals surface area (Å²) in [5, 5.41) is 9.12. The molecule has 1 unspecified atom stereocenters. The molecule has 17 heavy (non-hydrogen) atoms. The van der Waals surface area contributed by atoms with Gasteiger partial charge in [0, 0.05) is 13.7 Å². The molecule has 3 N–H and O–H groups in total. The zero-order valence-corrected chi connectivity index (χ0v) is 9.97. The van der Waals surface area contributed by atoms with Crippen LogP contribution in [0.3, 0.4) is 0 Å². The molecule has 1 rings (SSSR count). The van der Waals surface area contributed by atoms with Gasteiger partial charge in [-0.2, -0.15) is 0 Å². The van der Waals surface area contributed by atoms with Crippen LogP contribution in [-0.2, 0) is 16.1 Å². The van der Waals surface area contributed by atoms with Crippen molar-refractivity contribution in [3.8, 4) is 5.75 Å². The van der Waals surface area contributed by atoms with Gasteiger partial charge in [0.1, 0.15) is 5.75 Å². The average molecular weight is 239 g/mol. The van der Waals surface area contributed by atoms with Crippen LogP contribution in [0.2, 0.25) is 0 Å². The maximum atomic E-state index is 11.1. The third-order valence-electron chi connectivity index (χ3n) is 2.56. The van der Waals surface area contributed by atoms with Crippen molar-refractivity contribution in [2.75, 3.05) is 20.8 Å². The minimum Gasteiger partial charge on any atom is -0.497 e. The number of carboxylic acid groups (broad SMARTS) is 1. The van der Waals surface area contributed by atoms with Gasteiger partial charge in [-0.15, -0.1) is 0 Å². The minimum absolute atomic E-state index is 0.0409. The lowest BCUT2D eigenvalue weighted by atomic mass is 9.94. The lowest BCUT2D eigenvalue weighted by molar-refractivity contribution is -0.138. The molecule has 0 bridgehead atoms. The average Bonchev–Trinajstić information content (AvgIpc) is 2.31. The molecule has 1 aromatic rings. The van der Waals surface area contributed by atoms with E-state index in [2.05, 4.69) is 0 Å². The van der Waals surface area contributed by atoms with E-state index >= 15 is 0 Å². The highest BCUT2D eigenvalue weighted by molar-refractivity contribution is 5.77. The van der Waals surface area contributed by atoms with Crippen molar-refractivity contribution >= 4 is 5.97 Å². The Morgan fingerprint density at radius 3 is 2.65 bits per heavy atom. The van der Waals surface area contributed by atoms with E-state index in [1.54, 1.807) is 25.3 Å². The van der Waals surface area contributed by atoms with Crippen LogP contribution in [0.15, 0.2) is 18.2 Å². The Bertz CT molecular complexity index is 392. The summed E-state index contributed by atoms with van der Waals surface area (Å²) in [7, 11) is 3.10. The Kier molecular flexibility index (Phi) is 4.93. The van der Waals surface area contributed by atoms with Gasteiger partial charge in [0.15, 0.2) is 0 Å². The second-order valence-electron chi connectivity index (χ2n) is 3.62. The predicted molar refractivity (Wildman–Crippen MR) is 63.1 cm³/mol. The van der Waals surface area contributed by atoms with E-state index in [9.17, 15) is 4.79 Å². The Hall–Kier alpha value is -1.59. The Labute approximate surface area is 100 Å². The Balaban J connectivity index is 3.19. The highest BCUT2D eigenvalue weighted by atomic mass is 16.5. The molecule has 0 heterocycles. The molecule has 5 heteroatoms. The predicted octanol–water partition coefficient (Wildman–Crippen LogP) is 0.969. The molecular formula is C12H17NO4. The zero-order valence-electron chi connectivity index (χ0n) is 9.97. The van der Waals surface area contributed by atoms with E-state index < -0.39 is 11.9 Å². The number of aliphatic carboxylic acids is 1. The van der Waals surface area contributed by atoms with Gasteiger partial charge in [-0.05, 0) is 23.3 Å². The molecule has 94 valence electrons. The van der Waals surface area contributed by atoms with Crippen LogP contribution in [0.4, 0.5) is 0 Å². The van der Waals surface area contributed by atoms with Crippen molar-refractivity contribution in [1.82, 2.24) is 0 Å². The zero-order chi connectivity index (χ0) is 12.8. The molecule has 0 amide bonds. The highest BCUT2D eigenvalue weighted by Crippen LogP contribution is 2.25. The van der Waals surface area contributed by atoms with Gasteiger partial charge < -0.3 is 20.3 Å². The second-order valence-corrected chi connectivity index (χ2v) is 3.62. The van der Waals surface area contributed by atoms with E-state index in [4.69, 9.17) is 20.3 Å². The first kappa shape index (κ1) is 13.5. The van der Waals surface area contributed by atoms with Crippen LogP contribution < -0.4 is 10.5 Å². The monoisotopic (exact) mass is 239 g/mol. The molecular weight excluding hydrogens is 222 g/mol. The topological polar surface area (TPSA) is 81.8 Å². The largest absolute Gasteiger partial charge is 0.497 e. The smallest absolute Gasteiger partial charge is 0.312 e.